The van der Waals surface area contributed by atoms with Gasteiger partial charge < -0.3 is 5.32 Å². The van der Waals surface area contributed by atoms with Crippen molar-refractivity contribution < 1.29 is 9.18 Å². The van der Waals surface area contributed by atoms with Crippen molar-refractivity contribution >= 4 is 29.3 Å². The molecule has 0 aromatic heterocycles. The van der Waals surface area contributed by atoms with E-state index < -0.39 is 0 Å². The summed E-state index contributed by atoms with van der Waals surface area (Å²) in [7, 11) is 0. The SMILES string of the molecule is CCN1C(=O)/C(=C\c2cccc(F)c2)NC1=S. The van der Waals surface area contributed by atoms with Crippen LogP contribution in [0.1, 0.15) is 12.5 Å². The van der Waals surface area contributed by atoms with Gasteiger partial charge in [0.25, 0.3) is 5.91 Å². The third-order valence-corrected chi connectivity index (χ3v) is 2.76. The molecule has 88 valence electrons. The monoisotopic (exact) mass is 250 g/mol. The first-order chi connectivity index (χ1) is 8.11. The zero-order valence-electron chi connectivity index (χ0n) is 9.24. The zero-order chi connectivity index (χ0) is 12.4. The summed E-state index contributed by atoms with van der Waals surface area (Å²) >= 11 is 5.01. The van der Waals surface area contributed by atoms with Gasteiger partial charge in [0.05, 0.1) is 0 Å². The number of hydrogen-bond donors (Lipinski definition) is 1. The Morgan fingerprint density at radius 1 is 1.53 bits per heavy atom. The minimum absolute atomic E-state index is 0.179. The van der Waals surface area contributed by atoms with Crippen molar-refractivity contribution in [3.8, 4) is 0 Å². The van der Waals surface area contributed by atoms with Crippen molar-refractivity contribution in [2.45, 2.75) is 6.92 Å². The fourth-order valence-electron chi connectivity index (χ4n) is 1.62. The summed E-state index contributed by atoms with van der Waals surface area (Å²) in [6.07, 6.45) is 1.59. The second-order valence-electron chi connectivity index (χ2n) is 3.59. The summed E-state index contributed by atoms with van der Waals surface area (Å²) in [5.74, 6) is -0.513. The van der Waals surface area contributed by atoms with E-state index in [-0.39, 0.29) is 11.7 Å². The van der Waals surface area contributed by atoms with E-state index in [4.69, 9.17) is 12.2 Å². The Hall–Kier alpha value is -1.75. The minimum Gasteiger partial charge on any atom is -0.328 e. The highest BCUT2D eigenvalue weighted by atomic mass is 32.1. The second kappa shape index (κ2) is 4.63. The first-order valence-corrected chi connectivity index (χ1v) is 5.62. The van der Waals surface area contributed by atoms with Crippen molar-refractivity contribution in [1.82, 2.24) is 10.2 Å². The van der Waals surface area contributed by atoms with Gasteiger partial charge in [-0.15, -0.1) is 0 Å². The maximum atomic E-state index is 13.0. The van der Waals surface area contributed by atoms with Gasteiger partial charge in [-0.2, -0.15) is 0 Å². The molecule has 1 aliphatic heterocycles. The summed E-state index contributed by atoms with van der Waals surface area (Å²) in [5.41, 5.74) is 1.00. The Morgan fingerprint density at radius 2 is 2.29 bits per heavy atom. The third-order valence-electron chi connectivity index (χ3n) is 2.44. The molecule has 1 heterocycles. The van der Waals surface area contributed by atoms with Crippen LogP contribution in [0.4, 0.5) is 4.39 Å². The van der Waals surface area contributed by atoms with Gasteiger partial charge >= 0.3 is 0 Å². The Kier molecular flexibility index (Phi) is 3.19. The molecule has 0 atom stereocenters. The first kappa shape index (κ1) is 11.7. The summed E-state index contributed by atoms with van der Waals surface area (Å²) in [6.45, 7) is 2.36. The lowest BCUT2D eigenvalue weighted by atomic mass is 10.2. The molecule has 1 aromatic carbocycles. The van der Waals surface area contributed by atoms with Crippen LogP contribution in [0.15, 0.2) is 30.0 Å². The van der Waals surface area contributed by atoms with E-state index in [9.17, 15) is 9.18 Å². The normalized spacial score (nSPS) is 17.8. The molecule has 0 bridgehead atoms. The lowest BCUT2D eigenvalue weighted by Gasteiger charge is -2.08. The molecule has 1 fully saturated rings. The molecular formula is C12H11FN2OS. The highest BCUT2D eigenvalue weighted by molar-refractivity contribution is 7.80. The van der Waals surface area contributed by atoms with Crippen LogP contribution < -0.4 is 5.32 Å². The molecule has 0 saturated carbocycles. The van der Waals surface area contributed by atoms with E-state index in [1.807, 2.05) is 6.92 Å². The van der Waals surface area contributed by atoms with Gasteiger partial charge in [-0.05, 0) is 42.9 Å². The van der Waals surface area contributed by atoms with Crippen molar-refractivity contribution in [1.29, 1.82) is 0 Å². The topological polar surface area (TPSA) is 32.3 Å². The van der Waals surface area contributed by atoms with E-state index in [1.54, 1.807) is 18.2 Å². The lowest BCUT2D eigenvalue weighted by Crippen LogP contribution is -2.30. The van der Waals surface area contributed by atoms with Crippen LogP contribution >= 0.6 is 12.2 Å². The van der Waals surface area contributed by atoms with Crippen molar-refractivity contribution in [3.05, 3.63) is 41.3 Å². The van der Waals surface area contributed by atoms with Gasteiger partial charge in [-0.1, -0.05) is 12.1 Å². The number of amides is 1. The van der Waals surface area contributed by atoms with Gasteiger partial charge in [0.1, 0.15) is 11.5 Å². The fourth-order valence-corrected chi connectivity index (χ4v) is 1.94. The average molecular weight is 250 g/mol. The second-order valence-corrected chi connectivity index (χ2v) is 3.98. The van der Waals surface area contributed by atoms with Gasteiger partial charge in [-0.25, -0.2) is 4.39 Å². The van der Waals surface area contributed by atoms with E-state index in [2.05, 4.69) is 5.32 Å². The predicted octanol–water partition coefficient (Wildman–Crippen LogP) is 1.90. The van der Waals surface area contributed by atoms with Crippen LogP contribution in [0.2, 0.25) is 0 Å². The molecule has 0 aliphatic carbocycles. The molecule has 2 rings (SSSR count). The standard InChI is InChI=1S/C12H11FN2OS/c1-2-15-11(16)10(14-12(15)17)7-8-4-3-5-9(13)6-8/h3-7H,2H2,1H3,(H,14,17)/b10-7+. The summed E-state index contributed by atoms with van der Waals surface area (Å²) in [4.78, 5) is 13.3. The first-order valence-electron chi connectivity index (χ1n) is 5.22. The quantitative estimate of drug-likeness (QED) is 0.643. The van der Waals surface area contributed by atoms with Crippen LogP contribution in [0.3, 0.4) is 0 Å². The van der Waals surface area contributed by atoms with Crippen molar-refractivity contribution in [2.75, 3.05) is 6.54 Å². The molecule has 1 aromatic rings. The number of thiocarbonyl (C=S) groups is 1. The van der Waals surface area contributed by atoms with Crippen LogP contribution in [0.5, 0.6) is 0 Å². The van der Waals surface area contributed by atoms with Crippen LogP contribution in [-0.2, 0) is 4.79 Å². The summed E-state index contributed by atoms with van der Waals surface area (Å²) in [6, 6.07) is 6.04. The van der Waals surface area contributed by atoms with Crippen LogP contribution in [-0.4, -0.2) is 22.5 Å². The number of nitrogens with zero attached hydrogens (tertiary/aromatic N) is 1. The molecule has 0 unspecified atom stereocenters. The molecule has 1 saturated heterocycles. The summed E-state index contributed by atoms with van der Waals surface area (Å²) < 4.78 is 13.0. The number of rotatable bonds is 2. The number of benzene rings is 1. The molecule has 17 heavy (non-hydrogen) atoms. The number of nitrogens with one attached hydrogen (secondary N) is 1. The smallest absolute Gasteiger partial charge is 0.276 e. The maximum absolute atomic E-state index is 13.0. The Labute approximate surface area is 104 Å². The van der Waals surface area contributed by atoms with Gasteiger partial charge in [-0.3, -0.25) is 9.69 Å². The molecule has 0 spiro atoms. The van der Waals surface area contributed by atoms with Crippen LogP contribution in [0.25, 0.3) is 6.08 Å². The number of likely N-dealkylation sites (N-methyl/N-ethyl adjacent to an activating group) is 1. The lowest BCUT2D eigenvalue weighted by molar-refractivity contribution is -0.122. The van der Waals surface area contributed by atoms with Gasteiger partial charge in [0.2, 0.25) is 0 Å². The highest BCUT2D eigenvalue weighted by Crippen LogP contribution is 2.14. The third kappa shape index (κ3) is 2.34. The largest absolute Gasteiger partial charge is 0.328 e. The maximum Gasteiger partial charge on any atom is 0.276 e. The predicted molar refractivity (Wildman–Crippen MR) is 67.5 cm³/mol. The van der Waals surface area contributed by atoms with E-state index in [1.165, 1.54) is 17.0 Å². The Morgan fingerprint density at radius 3 is 2.88 bits per heavy atom. The highest BCUT2D eigenvalue weighted by Gasteiger charge is 2.28. The number of carbonyl (C=O) groups excluding carboxylic acids is 1. The minimum atomic E-state index is -0.334. The van der Waals surface area contributed by atoms with Crippen molar-refractivity contribution in [2.24, 2.45) is 0 Å². The molecule has 1 N–H and O–H groups in total. The van der Waals surface area contributed by atoms with Gasteiger partial charge in [0.15, 0.2) is 5.11 Å². The number of halogens is 1. The summed E-state index contributed by atoms with van der Waals surface area (Å²) in [5, 5.41) is 3.21. The molecular weight excluding hydrogens is 239 g/mol. The molecule has 1 aliphatic rings. The van der Waals surface area contributed by atoms with E-state index in [0.717, 1.165) is 0 Å². The molecule has 0 radical (unpaired) electrons. The van der Waals surface area contributed by atoms with E-state index in [0.29, 0.717) is 22.9 Å². The Balaban J connectivity index is 2.30. The molecule has 3 nitrogen and oxygen atoms in total. The molecule has 5 heteroatoms. The van der Waals surface area contributed by atoms with E-state index >= 15 is 0 Å². The fraction of sp³-hybridized carbons (Fsp3) is 0.167. The number of hydrogen-bond acceptors (Lipinski definition) is 2. The van der Waals surface area contributed by atoms with Crippen molar-refractivity contribution in [3.63, 3.8) is 0 Å². The Bertz CT molecular complexity index is 513. The zero-order valence-corrected chi connectivity index (χ0v) is 10.1. The van der Waals surface area contributed by atoms with Crippen LogP contribution in [0, 0.1) is 5.82 Å². The van der Waals surface area contributed by atoms with Gasteiger partial charge in [0, 0.05) is 6.54 Å². The number of carbonyl (C=O) groups is 1. The molecule has 1 amide bonds. The average Bonchev–Trinajstić information content (AvgIpc) is 2.54.